The van der Waals surface area contributed by atoms with Crippen LogP contribution in [0.15, 0.2) is 54.6 Å². The fourth-order valence-corrected chi connectivity index (χ4v) is 2.19. The predicted molar refractivity (Wildman–Crippen MR) is 75.7 cm³/mol. The molecule has 2 aromatic rings. The van der Waals surface area contributed by atoms with Gasteiger partial charge >= 0.3 is 0 Å². The quantitative estimate of drug-likeness (QED) is 0.847. The average Bonchev–Trinajstić information content (AvgIpc) is 2.38. The van der Waals surface area contributed by atoms with Gasteiger partial charge < -0.3 is 5.11 Å². The van der Waals surface area contributed by atoms with Crippen LogP contribution in [0.5, 0.6) is 0 Å². The minimum absolute atomic E-state index is 0.257. The van der Waals surface area contributed by atoms with Crippen LogP contribution in [-0.2, 0) is 12.8 Å². The molecule has 2 rings (SSSR count). The molecule has 18 heavy (non-hydrogen) atoms. The number of hydrogen-bond acceptors (Lipinski definition) is 1. The van der Waals surface area contributed by atoms with Gasteiger partial charge in [-0.3, -0.25) is 0 Å². The molecular formula is C17H20O. The van der Waals surface area contributed by atoms with Crippen molar-refractivity contribution >= 4 is 0 Å². The van der Waals surface area contributed by atoms with Crippen LogP contribution in [0.25, 0.3) is 0 Å². The maximum atomic E-state index is 10.1. The number of aryl methyl sites for hydroxylation is 2. The molecule has 1 heteroatoms. The molecule has 0 heterocycles. The van der Waals surface area contributed by atoms with Crippen molar-refractivity contribution in [1.82, 2.24) is 0 Å². The average molecular weight is 240 g/mol. The molecule has 0 bridgehead atoms. The summed E-state index contributed by atoms with van der Waals surface area (Å²) in [6.07, 6.45) is 2.24. The minimum Gasteiger partial charge on any atom is -0.393 e. The molecule has 0 fully saturated rings. The molecule has 2 aromatic carbocycles. The molecule has 1 atom stereocenters. The smallest absolute Gasteiger partial charge is 0.0583 e. The SMILES string of the molecule is Cc1cccc(CC(O)CCc2ccccc2)c1. The van der Waals surface area contributed by atoms with Crippen LogP contribution in [-0.4, -0.2) is 11.2 Å². The Morgan fingerprint density at radius 2 is 1.67 bits per heavy atom. The van der Waals surface area contributed by atoms with E-state index in [1.807, 2.05) is 18.2 Å². The first-order valence-corrected chi connectivity index (χ1v) is 6.51. The van der Waals surface area contributed by atoms with E-state index in [0.29, 0.717) is 0 Å². The fraction of sp³-hybridized carbons (Fsp3) is 0.294. The highest BCUT2D eigenvalue weighted by Gasteiger charge is 2.06. The van der Waals surface area contributed by atoms with Crippen molar-refractivity contribution in [2.24, 2.45) is 0 Å². The van der Waals surface area contributed by atoms with E-state index >= 15 is 0 Å². The summed E-state index contributed by atoms with van der Waals surface area (Å²) in [4.78, 5) is 0. The number of benzene rings is 2. The van der Waals surface area contributed by atoms with E-state index in [2.05, 4.69) is 43.3 Å². The van der Waals surface area contributed by atoms with Gasteiger partial charge in [-0.1, -0.05) is 60.2 Å². The highest BCUT2D eigenvalue weighted by atomic mass is 16.3. The number of hydrogen-bond donors (Lipinski definition) is 1. The summed E-state index contributed by atoms with van der Waals surface area (Å²) in [5.41, 5.74) is 3.76. The van der Waals surface area contributed by atoms with Crippen molar-refractivity contribution in [2.45, 2.75) is 32.3 Å². The molecule has 0 aliphatic heterocycles. The summed E-state index contributed by atoms with van der Waals surface area (Å²) in [5.74, 6) is 0. The fourth-order valence-electron chi connectivity index (χ4n) is 2.19. The maximum Gasteiger partial charge on any atom is 0.0583 e. The van der Waals surface area contributed by atoms with Gasteiger partial charge in [0.2, 0.25) is 0 Å². The van der Waals surface area contributed by atoms with E-state index in [1.54, 1.807) is 0 Å². The van der Waals surface area contributed by atoms with Crippen molar-refractivity contribution in [3.05, 3.63) is 71.3 Å². The summed E-state index contributed by atoms with van der Waals surface area (Å²) in [6.45, 7) is 2.08. The van der Waals surface area contributed by atoms with Crippen LogP contribution in [0, 0.1) is 6.92 Å². The van der Waals surface area contributed by atoms with Crippen molar-refractivity contribution in [3.8, 4) is 0 Å². The first-order valence-electron chi connectivity index (χ1n) is 6.51. The molecule has 0 saturated carbocycles. The maximum absolute atomic E-state index is 10.1. The largest absolute Gasteiger partial charge is 0.393 e. The number of aliphatic hydroxyl groups is 1. The second kappa shape index (κ2) is 6.36. The molecule has 0 aromatic heterocycles. The Bertz CT molecular complexity index is 476. The van der Waals surface area contributed by atoms with E-state index in [9.17, 15) is 5.11 Å². The summed E-state index contributed by atoms with van der Waals surface area (Å²) < 4.78 is 0. The summed E-state index contributed by atoms with van der Waals surface area (Å²) >= 11 is 0. The van der Waals surface area contributed by atoms with E-state index in [1.165, 1.54) is 16.7 Å². The monoisotopic (exact) mass is 240 g/mol. The Labute approximate surface area is 109 Å². The van der Waals surface area contributed by atoms with Crippen molar-refractivity contribution < 1.29 is 5.11 Å². The molecule has 1 unspecified atom stereocenters. The lowest BCUT2D eigenvalue weighted by atomic mass is 10.0. The summed E-state index contributed by atoms with van der Waals surface area (Å²) in [6, 6.07) is 18.7. The summed E-state index contributed by atoms with van der Waals surface area (Å²) in [7, 11) is 0. The molecular weight excluding hydrogens is 220 g/mol. The van der Waals surface area contributed by atoms with Gasteiger partial charge in [-0.15, -0.1) is 0 Å². The van der Waals surface area contributed by atoms with Crippen molar-refractivity contribution in [3.63, 3.8) is 0 Å². The zero-order chi connectivity index (χ0) is 12.8. The van der Waals surface area contributed by atoms with Crippen LogP contribution in [0.4, 0.5) is 0 Å². The van der Waals surface area contributed by atoms with Gasteiger partial charge in [0.05, 0.1) is 6.10 Å². The Morgan fingerprint density at radius 1 is 0.944 bits per heavy atom. The lowest BCUT2D eigenvalue weighted by Gasteiger charge is -2.11. The van der Waals surface area contributed by atoms with E-state index < -0.39 is 0 Å². The second-order valence-electron chi connectivity index (χ2n) is 4.87. The molecule has 1 N–H and O–H groups in total. The Hall–Kier alpha value is -1.60. The molecule has 0 saturated heterocycles. The normalized spacial score (nSPS) is 12.3. The predicted octanol–water partition coefficient (Wildman–Crippen LogP) is 3.53. The lowest BCUT2D eigenvalue weighted by Crippen LogP contribution is -2.11. The first-order chi connectivity index (χ1) is 8.74. The van der Waals surface area contributed by atoms with Crippen molar-refractivity contribution in [1.29, 1.82) is 0 Å². The van der Waals surface area contributed by atoms with Gasteiger partial charge in [0.25, 0.3) is 0 Å². The van der Waals surface area contributed by atoms with E-state index in [-0.39, 0.29) is 6.10 Å². The Kier molecular flexibility index (Phi) is 4.54. The standard InChI is InChI=1S/C17H20O/c1-14-6-5-9-16(12-14)13-17(18)11-10-15-7-3-2-4-8-15/h2-9,12,17-18H,10-11,13H2,1H3. The van der Waals surface area contributed by atoms with Crippen LogP contribution in [0.2, 0.25) is 0 Å². The molecule has 1 nitrogen and oxygen atoms in total. The minimum atomic E-state index is -0.257. The molecule has 0 radical (unpaired) electrons. The van der Waals surface area contributed by atoms with Gasteiger partial charge in [0.1, 0.15) is 0 Å². The zero-order valence-electron chi connectivity index (χ0n) is 10.8. The lowest BCUT2D eigenvalue weighted by molar-refractivity contribution is 0.165. The van der Waals surface area contributed by atoms with E-state index in [0.717, 1.165) is 19.3 Å². The molecule has 94 valence electrons. The molecule has 0 aliphatic rings. The zero-order valence-corrected chi connectivity index (χ0v) is 10.8. The third-order valence-corrected chi connectivity index (χ3v) is 3.16. The van der Waals surface area contributed by atoms with Gasteiger partial charge in [-0.25, -0.2) is 0 Å². The third-order valence-electron chi connectivity index (χ3n) is 3.16. The Balaban J connectivity index is 1.84. The Morgan fingerprint density at radius 3 is 2.39 bits per heavy atom. The molecule has 0 aliphatic carbocycles. The van der Waals surface area contributed by atoms with Crippen LogP contribution < -0.4 is 0 Å². The molecule has 0 spiro atoms. The highest BCUT2D eigenvalue weighted by Crippen LogP contribution is 2.11. The van der Waals surface area contributed by atoms with E-state index in [4.69, 9.17) is 0 Å². The van der Waals surface area contributed by atoms with Crippen LogP contribution in [0.3, 0.4) is 0 Å². The van der Waals surface area contributed by atoms with Crippen LogP contribution >= 0.6 is 0 Å². The first kappa shape index (κ1) is 12.8. The molecule has 0 amide bonds. The third kappa shape index (κ3) is 4.01. The highest BCUT2D eigenvalue weighted by molar-refractivity contribution is 5.23. The van der Waals surface area contributed by atoms with Crippen LogP contribution in [0.1, 0.15) is 23.1 Å². The number of rotatable bonds is 5. The van der Waals surface area contributed by atoms with Gasteiger partial charge in [-0.05, 0) is 37.3 Å². The van der Waals surface area contributed by atoms with Gasteiger partial charge in [-0.2, -0.15) is 0 Å². The topological polar surface area (TPSA) is 20.2 Å². The second-order valence-corrected chi connectivity index (χ2v) is 4.87. The summed E-state index contributed by atoms with van der Waals surface area (Å²) in [5, 5.41) is 10.1. The number of aliphatic hydroxyl groups excluding tert-OH is 1. The van der Waals surface area contributed by atoms with Gasteiger partial charge in [0.15, 0.2) is 0 Å². The van der Waals surface area contributed by atoms with Gasteiger partial charge in [0, 0.05) is 0 Å². The van der Waals surface area contributed by atoms with Crippen molar-refractivity contribution in [2.75, 3.05) is 0 Å².